The number of halogens is 2. The first-order valence-electron chi connectivity index (χ1n) is 13.7. The summed E-state index contributed by atoms with van der Waals surface area (Å²) in [5.74, 6) is -2.38. The van der Waals surface area contributed by atoms with Crippen LogP contribution in [0.5, 0.6) is 5.88 Å². The van der Waals surface area contributed by atoms with Crippen molar-refractivity contribution < 1.29 is 23.1 Å². The minimum atomic E-state index is -1.44. The van der Waals surface area contributed by atoms with Gasteiger partial charge in [0.05, 0.1) is 23.6 Å². The fraction of sp³-hybridized carbons (Fsp3) is 0.233. The summed E-state index contributed by atoms with van der Waals surface area (Å²) >= 11 is 0. The number of fused-ring (bicyclic) bond motifs is 2. The van der Waals surface area contributed by atoms with Gasteiger partial charge in [-0.3, -0.25) is 9.59 Å². The summed E-state index contributed by atoms with van der Waals surface area (Å²) in [6.45, 7) is 0.798. The number of nitrogens with one attached hydrogen (secondary N) is 3. The molecule has 0 bridgehead atoms. The van der Waals surface area contributed by atoms with E-state index in [2.05, 4.69) is 31.0 Å². The quantitative estimate of drug-likeness (QED) is 0.300. The predicted octanol–water partition coefficient (Wildman–Crippen LogP) is 4.13. The van der Waals surface area contributed by atoms with Gasteiger partial charge in [0.1, 0.15) is 22.9 Å². The largest absolute Gasteiger partial charge is 0.477 e. The molecule has 1 saturated carbocycles. The van der Waals surface area contributed by atoms with Gasteiger partial charge in [-0.05, 0) is 31.0 Å². The highest BCUT2D eigenvalue weighted by molar-refractivity contribution is 6.20. The second-order valence-corrected chi connectivity index (χ2v) is 10.3. The molecule has 10 nitrogen and oxygen atoms in total. The summed E-state index contributed by atoms with van der Waals surface area (Å²) in [6.07, 6.45) is 1.21. The normalized spacial score (nSPS) is 17.6. The second kappa shape index (κ2) is 10.4. The van der Waals surface area contributed by atoms with Gasteiger partial charge < -0.3 is 20.7 Å². The molecular formula is C30H25F2N7O3. The number of aromatic nitrogens is 3. The molecule has 212 valence electrons. The molecule has 42 heavy (non-hydrogen) atoms. The number of nitrogens with zero attached hydrogens (tertiary/aromatic N) is 4. The molecule has 4 aromatic rings. The van der Waals surface area contributed by atoms with Gasteiger partial charge in [-0.25, -0.2) is 19.0 Å². The van der Waals surface area contributed by atoms with E-state index in [1.165, 1.54) is 22.9 Å². The number of aryl methyl sites for hydroxylation is 1. The molecule has 1 atom stereocenters. The van der Waals surface area contributed by atoms with Crippen LogP contribution in [0.2, 0.25) is 0 Å². The SMILES string of the molecule is O=C(N[C@H]1N=C(c2ccccc2)c2cccc(F)c2NC1=O)c1c(-c2ccc(NC3CC3)nc2F)nn2c1OCCC2. The van der Waals surface area contributed by atoms with Gasteiger partial charge >= 0.3 is 0 Å². The monoisotopic (exact) mass is 569 g/mol. The Bertz CT molecular complexity index is 1750. The molecule has 4 heterocycles. The first-order chi connectivity index (χ1) is 20.5. The van der Waals surface area contributed by atoms with Gasteiger partial charge in [-0.2, -0.15) is 9.49 Å². The summed E-state index contributed by atoms with van der Waals surface area (Å²) in [7, 11) is 0. The van der Waals surface area contributed by atoms with Crippen molar-refractivity contribution >= 4 is 29.0 Å². The van der Waals surface area contributed by atoms with Gasteiger partial charge in [0.25, 0.3) is 11.8 Å². The lowest BCUT2D eigenvalue weighted by atomic mass is 10.0. The average Bonchev–Trinajstić information content (AvgIpc) is 3.75. The smallest absolute Gasteiger partial charge is 0.269 e. The van der Waals surface area contributed by atoms with Gasteiger partial charge in [0.15, 0.2) is 0 Å². The number of carbonyl (C=O) groups excluding carboxylic acids is 2. The zero-order valence-electron chi connectivity index (χ0n) is 22.2. The van der Waals surface area contributed by atoms with Crippen LogP contribution in [0, 0.1) is 11.8 Å². The zero-order chi connectivity index (χ0) is 28.8. The molecular weight excluding hydrogens is 544 g/mol. The van der Waals surface area contributed by atoms with E-state index in [0.717, 1.165) is 12.8 Å². The lowest BCUT2D eigenvalue weighted by molar-refractivity contribution is -0.117. The number of amides is 2. The van der Waals surface area contributed by atoms with Crippen LogP contribution >= 0.6 is 0 Å². The average molecular weight is 570 g/mol. The molecule has 2 aromatic heterocycles. The summed E-state index contributed by atoms with van der Waals surface area (Å²) in [4.78, 5) is 35.8. The fourth-order valence-electron chi connectivity index (χ4n) is 5.07. The van der Waals surface area contributed by atoms with Crippen molar-refractivity contribution in [3.05, 3.63) is 89.1 Å². The third kappa shape index (κ3) is 4.74. The van der Waals surface area contributed by atoms with Crippen LogP contribution in [0.15, 0.2) is 65.7 Å². The number of para-hydroxylation sites is 1. The van der Waals surface area contributed by atoms with Crippen LogP contribution in [0.1, 0.15) is 40.7 Å². The van der Waals surface area contributed by atoms with Crippen molar-refractivity contribution in [2.75, 3.05) is 17.2 Å². The molecule has 2 aromatic carbocycles. The van der Waals surface area contributed by atoms with Crippen LogP contribution in [0.3, 0.4) is 0 Å². The number of pyridine rings is 1. The Morgan fingerprint density at radius 3 is 2.64 bits per heavy atom. The van der Waals surface area contributed by atoms with E-state index < -0.39 is 29.7 Å². The summed E-state index contributed by atoms with van der Waals surface area (Å²) in [5, 5.41) is 12.8. The van der Waals surface area contributed by atoms with Gasteiger partial charge in [0, 0.05) is 30.1 Å². The van der Waals surface area contributed by atoms with Gasteiger partial charge in [-0.15, -0.1) is 0 Å². The third-order valence-corrected chi connectivity index (χ3v) is 7.26. The first kappa shape index (κ1) is 25.8. The molecule has 0 unspecified atom stereocenters. The molecule has 12 heteroatoms. The van der Waals surface area contributed by atoms with E-state index in [9.17, 15) is 14.0 Å². The Hall–Kier alpha value is -5.13. The zero-order valence-corrected chi connectivity index (χ0v) is 22.2. The molecule has 1 aliphatic carbocycles. The summed E-state index contributed by atoms with van der Waals surface area (Å²) < 4.78 is 37.5. The highest BCUT2D eigenvalue weighted by Gasteiger charge is 2.34. The van der Waals surface area contributed by atoms with Crippen LogP contribution in [-0.4, -0.2) is 51.1 Å². The summed E-state index contributed by atoms with van der Waals surface area (Å²) in [5.41, 5.74) is 1.27. The minimum Gasteiger partial charge on any atom is -0.477 e. The number of rotatable bonds is 6. The maximum atomic E-state index is 15.3. The maximum absolute atomic E-state index is 15.3. The number of hydrogen-bond acceptors (Lipinski definition) is 7. The Morgan fingerprint density at radius 1 is 1.02 bits per heavy atom. The lowest BCUT2D eigenvalue weighted by Crippen LogP contribution is -2.42. The molecule has 3 aliphatic rings. The van der Waals surface area contributed by atoms with Crippen molar-refractivity contribution in [3.63, 3.8) is 0 Å². The Balaban J connectivity index is 1.27. The fourth-order valence-corrected chi connectivity index (χ4v) is 5.07. The molecule has 2 aliphatic heterocycles. The molecule has 0 saturated heterocycles. The van der Waals surface area contributed by atoms with Crippen molar-refractivity contribution in [2.24, 2.45) is 4.99 Å². The van der Waals surface area contributed by atoms with Crippen molar-refractivity contribution in [3.8, 4) is 17.1 Å². The second-order valence-electron chi connectivity index (χ2n) is 10.3. The number of anilines is 2. The van der Waals surface area contributed by atoms with Crippen molar-refractivity contribution in [2.45, 2.75) is 38.0 Å². The highest BCUT2D eigenvalue weighted by Crippen LogP contribution is 2.35. The molecule has 7 rings (SSSR count). The summed E-state index contributed by atoms with van der Waals surface area (Å²) in [6, 6.07) is 16.8. The van der Waals surface area contributed by atoms with Gasteiger partial charge in [0.2, 0.25) is 18.0 Å². The van der Waals surface area contributed by atoms with Crippen LogP contribution in [0.4, 0.5) is 20.3 Å². The number of benzodiazepines with no additional fused rings is 1. The lowest BCUT2D eigenvalue weighted by Gasteiger charge is -2.17. The first-order valence-corrected chi connectivity index (χ1v) is 13.7. The topological polar surface area (TPSA) is 123 Å². The molecule has 2 amide bonds. The van der Waals surface area contributed by atoms with Crippen molar-refractivity contribution in [1.29, 1.82) is 0 Å². The molecule has 0 spiro atoms. The molecule has 1 fully saturated rings. The third-order valence-electron chi connectivity index (χ3n) is 7.26. The number of carbonyl (C=O) groups is 2. The van der Waals surface area contributed by atoms with Crippen molar-refractivity contribution in [1.82, 2.24) is 20.1 Å². The van der Waals surface area contributed by atoms with E-state index >= 15 is 4.39 Å². The maximum Gasteiger partial charge on any atom is 0.269 e. The van der Waals surface area contributed by atoms with E-state index in [1.807, 2.05) is 6.07 Å². The van der Waals surface area contributed by atoms with E-state index in [-0.39, 0.29) is 34.4 Å². The number of benzene rings is 2. The van der Waals surface area contributed by atoms with Gasteiger partial charge in [-0.1, -0.05) is 42.5 Å². The number of hydrogen-bond donors (Lipinski definition) is 3. The Morgan fingerprint density at radius 2 is 1.86 bits per heavy atom. The Kier molecular flexibility index (Phi) is 6.37. The van der Waals surface area contributed by atoms with E-state index in [0.29, 0.717) is 42.2 Å². The van der Waals surface area contributed by atoms with E-state index in [1.54, 1.807) is 36.4 Å². The van der Waals surface area contributed by atoms with Crippen LogP contribution < -0.4 is 20.7 Å². The standard InChI is InChI=1S/C30H25F2N7O3/c31-20-9-4-8-18-23(16-6-2-1-3-7-16)35-27(29(41)36-24(18)20)37-28(40)22-25(38-39-14-5-15-42-30(22)39)19-12-13-21(34-26(19)32)33-17-10-11-17/h1-4,6-9,12-13,17,27H,5,10-11,14-15H2,(H,33,34)(H,36,41)(H,37,40)/t27-/m1/s1. The molecule has 0 radical (unpaired) electrons. The van der Waals surface area contributed by atoms with Crippen LogP contribution in [-0.2, 0) is 11.3 Å². The number of aliphatic imine (C=N–C) groups is 1. The molecule has 3 N–H and O–H groups in total. The minimum absolute atomic E-state index is 0.0141. The van der Waals surface area contributed by atoms with Crippen LogP contribution in [0.25, 0.3) is 11.3 Å². The van der Waals surface area contributed by atoms with E-state index in [4.69, 9.17) is 4.74 Å². The number of ether oxygens (including phenoxy) is 1. The Labute approximate surface area is 238 Å². The highest BCUT2D eigenvalue weighted by atomic mass is 19.1. The predicted molar refractivity (Wildman–Crippen MR) is 151 cm³/mol.